The Balaban J connectivity index is 0.000000122. The number of anilines is 4. The predicted molar refractivity (Wildman–Crippen MR) is 351 cm³/mol. The average molecular weight is 1300 g/mol. The van der Waals surface area contributed by atoms with Gasteiger partial charge in [0, 0.05) is 113 Å². The van der Waals surface area contributed by atoms with Gasteiger partial charge in [-0.2, -0.15) is 0 Å². The summed E-state index contributed by atoms with van der Waals surface area (Å²) in [4.78, 5) is 48.6. The van der Waals surface area contributed by atoms with Crippen LogP contribution in [0.3, 0.4) is 0 Å². The number of unbranched alkanes of at least 4 members (excludes halogenated alkanes) is 2. The lowest BCUT2D eigenvalue weighted by atomic mass is 9.84. The maximum atomic E-state index is 13.4. The number of methoxy groups -OCH3 is 3. The lowest BCUT2D eigenvalue weighted by Gasteiger charge is -2.27. The van der Waals surface area contributed by atoms with E-state index in [0.717, 1.165) is 116 Å². The van der Waals surface area contributed by atoms with Crippen LogP contribution < -0.4 is 73.4 Å². The number of nitrogens with one attached hydrogen (secondary N) is 4. The second-order valence-electron chi connectivity index (χ2n) is 23.3. The first kappa shape index (κ1) is 64.4. The Morgan fingerprint density at radius 1 is 0.389 bits per heavy atom. The lowest BCUT2D eigenvalue weighted by Crippen LogP contribution is -2.25. The van der Waals surface area contributed by atoms with E-state index in [2.05, 4.69) is 44.6 Å². The van der Waals surface area contributed by atoms with Crippen molar-refractivity contribution in [1.82, 2.24) is 0 Å². The van der Waals surface area contributed by atoms with Gasteiger partial charge in [-0.3, -0.25) is 19.2 Å². The van der Waals surface area contributed by atoms with Crippen molar-refractivity contribution < 1.29 is 80.1 Å². The van der Waals surface area contributed by atoms with Crippen LogP contribution in [-0.4, -0.2) is 78.1 Å². The Labute approximate surface area is 548 Å². The van der Waals surface area contributed by atoms with Crippen molar-refractivity contribution in [2.75, 3.05) is 69.4 Å². The van der Waals surface area contributed by atoms with Crippen LogP contribution in [0.5, 0.6) is 63.2 Å². The average Bonchev–Trinajstić information content (AvgIpc) is 1.79. The van der Waals surface area contributed by atoms with E-state index in [9.17, 15) is 28.0 Å². The van der Waals surface area contributed by atoms with Crippen LogP contribution in [0.2, 0.25) is 0 Å². The zero-order chi connectivity index (χ0) is 66.2. The molecule has 4 amide bonds. The third-order valence-electron chi connectivity index (χ3n) is 17.2. The molecule has 4 unspecified atom stereocenters. The van der Waals surface area contributed by atoms with Crippen LogP contribution in [-0.2, 0) is 19.2 Å². The highest BCUT2D eigenvalue weighted by molar-refractivity contribution is 5.98. The van der Waals surface area contributed by atoms with E-state index in [1.807, 2.05) is 140 Å². The number of alkyl halides is 2. The second kappa shape index (κ2) is 28.7. The molecule has 0 spiro atoms. The number of fused-ring (bicyclic) bond motifs is 7. The Kier molecular flexibility index (Phi) is 19.4. The van der Waals surface area contributed by atoms with Gasteiger partial charge in [-0.15, -0.1) is 8.78 Å². The van der Waals surface area contributed by atoms with Crippen LogP contribution >= 0.6 is 0 Å². The fourth-order valence-corrected chi connectivity index (χ4v) is 12.6. The summed E-state index contributed by atoms with van der Waals surface area (Å²) < 4.78 is 85.8. The monoisotopic (exact) mass is 1290 g/mol. The largest absolute Gasteiger partial charge is 0.586 e. The number of carbonyl (C=O) groups excluding carboxylic acids is 4. The summed E-state index contributed by atoms with van der Waals surface area (Å²) in [5.74, 6) is 5.90. The fraction of sp³-hybridized carbons (Fsp3) is 0.297. The Morgan fingerprint density at radius 3 is 1.11 bits per heavy atom. The van der Waals surface area contributed by atoms with E-state index in [1.165, 1.54) is 12.1 Å². The second-order valence-corrected chi connectivity index (χ2v) is 23.3. The Morgan fingerprint density at radius 2 is 0.716 bits per heavy atom. The number of carbonyl (C=O) groups is 4. The molecule has 21 heteroatoms. The SMILES string of the molecule is CCCCOc1ccccc1C1CC(=O)Nc2cc3c(cc21)OC(F)(F)O3.CCCCOc1ccccc1C1CC(=O)Nc2cc3c(cc21)OCO3.COc1ccc2c(c1)C(c1ccccc1OC)CC(=O)N2.COc1ccccc1C1CC(=O)Nc2cc3c(cc21)OCO3. The molecule has 15 rings (SSSR count). The van der Waals surface area contributed by atoms with Crippen molar-refractivity contribution in [3.8, 4) is 63.2 Å². The highest BCUT2D eigenvalue weighted by Gasteiger charge is 2.45. The number of hydrogen-bond acceptors (Lipinski definition) is 15. The number of ether oxygens (including phenoxy) is 11. The molecule has 7 aliphatic rings. The maximum absolute atomic E-state index is 13.4. The topological polar surface area (TPSA) is 218 Å². The van der Waals surface area contributed by atoms with E-state index in [0.29, 0.717) is 61.0 Å². The molecule has 4 N–H and O–H groups in total. The number of amides is 4. The molecule has 4 atom stereocenters. The van der Waals surface area contributed by atoms with Crippen molar-refractivity contribution in [2.45, 2.75) is 95.2 Å². The molecule has 0 saturated carbocycles. The van der Waals surface area contributed by atoms with Crippen molar-refractivity contribution in [3.05, 3.63) is 196 Å². The molecule has 0 radical (unpaired) electrons. The fourth-order valence-electron chi connectivity index (χ4n) is 12.6. The summed E-state index contributed by atoms with van der Waals surface area (Å²) in [6.45, 7) is 5.90. The van der Waals surface area contributed by atoms with E-state index in [4.69, 9.17) is 42.6 Å². The van der Waals surface area contributed by atoms with E-state index in [1.54, 1.807) is 21.3 Å². The van der Waals surface area contributed by atoms with Gasteiger partial charge in [0.05, 0.1) is 34.5 Å². The quantitative estimate of drug-likeness (QED) is 0.0702. The third kappa shape index (κ3) is 14.3. The summed E-state index contributed by atoms with van der Waals surface area (Å²) in [5.41, 5.74) is 10.5. The van der Waals surface area contributed by atoms with Crippen LogP contribution in [0.4, 0.5) is 31.5 Å². The Hall–Kier alpha value is -10.7. The van der Waals surface area contributed by atoms with Gasteiger partial charge in [-0.1, -0.05) is 99.5 Å². The molecule has 0 aliphatic carbocycles. The van der Waals surface area contributed by atoms with E-state index in [-0.39, 0.29) is 78.8 Å². The predicted octanol–water partition coefficient (Wildman–Crippen LogP) is 14.8. The smallest absolute Gasteiger partial charge is 0.497 e. The van der Waals surface area contributed by atoms with Gasteiger partial charge < -0.3 is 73.4 Å². The summed E-state index contributed by atoms with van der Waals surface area (Å²) in [5, 5.41) is 11.5. The molecule has 7 aliphatic heterocycles. The van der Waals surface area contributed by atoms with Crippen LogP contribution in [0.15, 0.2) is 152 Å². The van der Waals surface area contributed by atoms with Crippen LogP contribution in [0, 0.1) is 0 Å². The lowest BCUT2D eigenvalue weighted by molar-refractivity contribution is -0.286. The van der Waals surface area contributed by atoms with Gasteiger partial charge in [-0.25, -0.2) is 0 Å². The minimum atomic E-state index is -3.70. The number of hydrogen-bond donors (Lipinski definition) is 4. The van der Waals surface area contributed by atoms with Gasteiger partial charge >= 0.3 is 6.29 Å². The first-order valence-electron chi connectivity index (χ1n) is 31.6. The molecule has 0 saturated heterocycles. The molecule has 8 aromatic rings. The van der Waals surface area contributed by atoms with Crippen molar-refractivity contribution in [3.63, 3.8) is 0 Å². The normalized spacial score (nSPS) is 18.2. The number of halogens is 2. The van der Waals surface area contributed by atoms with Gasteiger partial charge in [0.1, 0.15) is 28.7 Å². The summed E-state index contributed by atoms with van der Waals surface area (Å²) >= 11 is 0. The minimum Gasteiger partial charge on any atom is -0.497 e. The van der Waals surface area contributed by atoms with Gasteiger partial charge in [0.15, 0.2) is 34.5 Å². The number of rotatable bonds is 15. The van der Waals surface area contributed by atoms with Crippen molar-refractivity contribution >= 4 is 46.4 Å². The molecule has 492 valence electrons. The van der Waals surface area contributed by atoms with Crippen molar-refractivity contribution in [2.24, 2.45) is 0 Å². The third-order valence-corrected chi connectivity index (χ3v) is 17.2. The molecule has 0 fully saturated rings. The van der Waals surface area contributed by atoms with Crippen LogP contribution in [0.25, 0.3) is 0 Å². The first-order chi connectivity index (χ1) is 46.2. The van der Waals surface area contributed by atoms with E-state index < -0.39 is 6.29 Å². The molecular weight excluding hydrogens is 1220 g/mol. The van der Waals surface area contributed by atoms with Gasteiger partial charge in [0.2, 0.25) is 37.2 Å². The zero-order valence-corrected chi connectivity index (χ0v) is 53.1. The Bertz CT molecular complexity index is 4180. The molecule has 95 heavy (non-hydrogen) atoms. The van der Waals surface area contributed by atoms with E-state index >= 15 is 0 Å². The maximum Gasteiger partial charge on any atom is 0.586 e. The molecule has 0 aromatic heterocycles. The highest BCUT2D eigenvalue weighted by Crippen LogP contribution is 2.52. The number of benzene rings is 8. The molecular formula is C74H72F2N4O15. The highest BCUT2D eigenvalue weighted by atomic mass is 19.3. The number of para-hydroxylation sites is 4. The molecule has 7 heterocycles. The molecule has 19 nitrogen and oxygen atoms in total. The minimum absolute atomic E-state index is 0.000253. The van der Waals surface area contributed by atoms with Gasteiger partial charge in [-0.05, 0) is 95.8 Å². The zero-order valence-electron chi connectivity index (χ0n) is 53.1. The molecule has 0 bridgehead atoms. The first-order valence-corrected chi connectivity index (χ1v) is 31.6. The summed E-state index contributed by atoms with van der Waals surface area (Å²) in [6.07, 6.45) is 1.69. The summed E-state index contributed by atoms with van der Waals surface area (Å²) in [7, 11) is 4.93. The van der Waals surface area contributed by atoms with Crippen molar-refractivity contribution in [1.29, 1.82) is 0 Å². The van der Waals surface area contributed by atoms with Crippen LogP contribution in [0.1, 0.15) is 133 Å². The van der Waals surface area contributed by atoms with Gasteiger partial charge in [0.25, 0.3) is 0 Å². The standard InChI is InChI=1S/C20H19F2NO4.C20H21NO4.C17H15NO4.C17H17NO3/c1-2-3-8-25-16-7-5-4-6-12(16)13-10-19(24)23-15-11-18-17(9-14(13)15)26-20(21,22)27-18;1-2-3-8-23-17-7-5-4-6-13(17)14-10-20(22)21-16-11-19-18(9-15(14)16)24-12-25-19;1-20-14-5-3-2-4-10(14)11-7-17(19)18-13-8-16-15(6-12(11)13)21-9-22-16;1-20-11-7-8-15-14(9-11)13(10-17(19)18-15)12-5-3-4-6-16(12)21-2/h4-7,9,11,13H,2-3,8,10H2,1H3,(H,23,24);4-7,9,11,14H,2-3,8,10,12H2,1H3,(H,21,22);2-6,8,11H,7,9H2,1H3,(H,18,19);3-9,13H,10H2,1-2H3,(H,18,19). The molecule has 8 aromatic carbocycles. The summed E-state index contributed by atoms with van der Waals surface area (Å²) in [6, 6.07) is 47.3.